The Kier molecular flexibility index (Phi) is 5.92. The zero-order valence-electron chi connectivity index (χ0n) is 17.7. The summed E-state index contributed by atoms with van der Waals surface area (Å²) in [6, 6.07) is 3.48. The Bertz CT molecular complexity index is 805. The number of anilines is 1. The van der Waals surface area contributed by atoms with Crippen molar-refractivity contribution in [3.8, 4) is 0 Å². The summed E-state index contributed by atoms with van der Waals surface area (Å²) in [4.78, 5) is 45.6. The van der Waals surface area contributed by atoms with E-state index in [1.165, 1.54) is 19.3 Å². The van der Waals surface area contributed by atoms with Gasteiger partial charge in [0.25, 0.3) is 5.91 Å². The predicted octanol–water partition coefficient (Wildman–Crippen LogP) is 2.19. The highest BCUT2D eigenvalue weighted by atomic mass is 16.2. The number of amides is 4. The number of rotatable bonds is 5. The lowest BCUT2D eigenvalue weighted by Crippen LogP contribution is -2.54. The van der Waals surface area contributed by atoms with Crippen LogP contribution in [0.1, 0.15) is 57.4 Å². The molecule has 2 saturated heterocycles. The second-order valence-corrected chi connectivity index (χ2v) is 8.79. The third-order valence-electron chi connectivity index (χ3n) is 6.78. The monoisotopic (exact) mass is 413 g/mol. The van der Waals surface area contributed by atoms with Crippen molar-refractivity contribution >= 4 is 23.7 Å². The maximum atomic E-state index is 12.9. The van der Waals surface area contributed by atoms with Crippen LogP contribution in [0.15, 0.2) is 18.3 Å². The molecule has 1 aliphatic carbocycles. The minimum atomic E-state index is -0.830. The summed E-state index contributed by atoms with van der Waals surface area (Å²) in [5.41, 5.74) is 0.0581. The van der Waals surface area contributed by atoms with Crippen LogP contribution in [-0.4, -0.2) is 52.9 Å². The number of carbonyl (C=O) groups excluding carboxylic acids is 3. The van der Waals surface area contributed by atoms with E-state index >= 15 is 0 Å². The number of aromatic nitrogens is 1. The summed E-state index contributed by atoms with van der Waals surface area (Å²) in [5, 5.41) is 5.68. The third kappa shape index (κ3) is 4.00. The van der Waals surface area contributed by atoms with Crippen molar-refractivity contribution in [1.82, 2.24) is 20.5 Å². The number of nitrogens with one attached hydrogen (secondary N) is 2. The summed E-state index contributed by atoms with van der Waals surface area (Å²) < 4.78 is 0. The van der Waals surface area contributed by atoms with E-state index in [1.807, 2.05) is 19.1 Å². The van der Waals surface area contributed by atoms with Crippen molar-refractivity contribution in [1.29, 1.82) is 0 Å². The molecule has 4 rings (SSSR count). The van der Waals surface area contributed by atoms with Gasteiger partial charge in [0.05, 0.1) is 0 Å². The van der Waals surface area contributed by atoms with Gasteiger partial charge < -0.3 is 15.5 Å². The molecule has 3 fully saturated rings. The molecule has 1 aromatic heterocycles. The molecule has 1 saturated carbocycles. The normalized spacial score (nSPS) is 26.8. The molecule has 1 spiro atoms. The van der Waals surface area contributed by atoms with Crippen molar-refractivity contribution < 1.29 is 14.4 Å². The molecule has 8 nitrogen and oxygen atoms in total. The number of nitrogens with zero attached hydrogens (tertiary/aromatic N) is 3. The van der Waals surface area contributed by atoms with Crippen LogP contribution in [0.4, 0.5) is 10.6 Å². The summed E-state index contributed by atoms with van der Waals surface area (Å²) in [6.07, 6.45) is 8.98. The predicted molar refractivity (Wildman–Crippen MR) is 113 cm³/mol. The fourth-order valence-electron chi connectivity index (χ4n) is 4.87. The SMILES string of the molecule is CC1CCCCC12NC(=O)N(CC(=O)NCc1ccc(N3CCCCC3)nc1)C2=O. The maximum Gasteiger partial charge on any atom is 0.325 e. The number of hydrogen-bond acceptors (Lipinski definition) is 5. The van der Waals surface area contributed by atoms with Crippen molar-refractivity contribution in [3.05, 3.63) is 23.9 Å². The Hall–Kier alpha value is -2.64. The average molecular weight is 414 g/mol. The van der Waals surface area contributed by atoms with Crippen LogP contribution in [0.25, 0.3) is 0 Å². The molecule has 0 bridgehead atoms. The first-order chi connectivity index (χ1) is 14.5. The van der Waals surface area contributed by atoms with Crippen LogP contribution >= 0.6 is 0 Å². The van der Waals surface area contributed by atoms with Gasteiger partial charge in [0, 0.05) is 25.8 Å². The Morgan fingerprint density at radius 1 is 1.20 bits per heavy atom. The Morgan fingerprint density at radius 3 is 2.70 bits per heavy atom. The molecule has 2 unspecified atom stereocenters. The third-order valence-corrected chi connectivity index (χ3v) is 6.78. The smallest absolute Gasteiger partial charge is 0.325 e. The number of carbonyl (C=O) groups is 3. The second kappa shape index (κ2) is 8.62. The molecular formula is C22H31N5O3. The van der Waals surface area contributed by atoms with E-state index in [0.717, 1.165) is 48.6 Å². The van der Waals surface area contributed by atoms with Crippen molar-refractivity contribution in [3.63, 3.8) is 0 Å². The Balaban J connectivity index is 1.30. The fraction of sp³-hybridized carbons (Fsp3) is 0.636. The topological polar surface area (TPSA) is 94.6 Å². The standard InChI is InChI=1S/C22H31N5O3/c1-16-7-3-4-10-22(16)20(29)27(21(30)25-22)15-19(28)24-14-17-8-9-18(23-13-17)26-11-5-2-6-12-26/h8-9,13,16H,2-7,10-12,14-15H2,1H3,(H,24,28)(H,25,30). The lowest BCUT2D eigenvalue weighted by Gasteiger charge is -2.36. The minimum Gasteiger partial charge on any atom is -0.357 e. The maximum absolute atomic E-state index is 12.9. The summed E-state index contributed by atoms with van der Waals surface area (Å²) in [5.74, 6) is 0.442. The van der Waals surface area contributed by atoms with Gasteiger partial charge in [0.2, 0.25) is 5.91 Å². The van der Waals surface area contributed by atoms with Gasteiger partial charge in [-0.3, -0.25) is 14.5 Å². The molecule has 1 aromatic rings. The van der Waals surface area contributed by atoms with Crippen LogP contribution in [0.2, 0.25) is 0 Å². The number of piperidine rings is 1. The molecular weight excluding hydrogens is 382 g/mol. The number of urea groups is 1. The first-order valence-electron chi connectivity index (χ1n) is 11.1. The van der Waals surface area contributed by atoms with E-state index in [-0.39, 0.29) is 24.3 Å². The van der Waals surface area contributed by atoms with E-state index in [0.29, 0.717) is 13.0 Å². The summed E-state index contributed by atoms with van der Waals surface area (Å²) in [7, 11) is 0. The van der Waals surface area contributed by atoms with Crippen LogP contribution in [0.5, 0.6) is 0 Å². The van der Waals surface area contributed by atoms with E-state index < -0.39 is 11.6 Å². The van der Waals surface area contributed by atoms with Crippen molar-refractivity contribution in [2.75, 3.05) is 24.5 Å². The largest absolute Gasteiger partial charge is 0.357 e. The molecule has 30 heavy (non-hydrogen) atoms. The van der Waals surface area contributed by atoms with Gasteiger partial charge in [0.15, 0.2) is 0 Å². The van der Waals surface area contributed by atoms with Gasteiger partial charge in [-0.25, -0.2) is 9.78 Å². The average Bonchev–Trinajstić information content (AvgIpc) is 3.00. The van der Waals surface area contributed by atoms with E-state index in [4.69, 9.17) is 0 Å². The molecule has 3 aliphatic rings. The molecule has 0 aromatic carbocycles. The van der Waals surface area contributed by atoms with Gasteiger partial charge in [-0.2, -0.15) is 0 Å². The van der Waals surface area contributed by atoms with Gasteiger partial charge in [0.1, 0.15) is 17.9 Å². The minimum absolute atomic E-state index is 0.0836. The highest BCUT2D eigenvalue weighted by Crippen LogP contribution is 2.38. The molecule has 2 atom stereocenters. The van der Waals surface area contributed by atoms with E-state index in [9.17, 15) is 14.4 Å². The molecule has 2 aliphatic heterocycles. The highest BCUT2D eigenvalue weighted by molar-refractivity contribution is 6.09. The quantitative estimate of drug-likeness (QED) is 0.722. The lowest BCUT2D eigenvalue weighted by molar-refractivity contribution is -0.137. The van der Waals surface area contributed by atoms with Crippen LogP contribution in [0, 0.1) is 5.92 Å². The van der Waals surface area contributed by atoms with E-state index in [2.05, 4.69) is 20.5 Å². The van der Waals surface area contributed by atoms with Crippen LogP contribution < -0.4 is 15.5 Å². The molecule has 3 heterocycles. The summed E-state index contributed by atoms with van der Waals surface area (Å²) in [6.45, 7) is 4.14. The van der Waals surface area contributed by atoms with Gasteiger partial charge >= 0.3 is 6.03 Å². The first kappa shape index (κ1) is 20.6. The lowest BCUT2D eigenvalue weighted by atomic mass is 9.73. The molecule has 8 heteroatoms. The summed E-state index contributed by atoms with van der Waals surface area (Å²) >= 11 is 0. The zero-order chi connectivity index (χ0) is 21.1. The Morgan fingerprint density at radius 2 is 2.00 bits per heavy atom. The fourth-order valence-corrected chi connectivity index (χ4v) is 4.87. The Labute approximate surface area is 177 Å². The van der Waals surface area contributed by atoms with Gasteiger partial charge in [-0.15, -0.1) is 0 Å². The molecule has 2 N–H and O–H groups in total. The zero-order valence-corrected chi connectivity index (χ0v) is 17.7. The highest BCUT2D eigenvalue weighted by Gasteiger charge is 2.55. The van der Waals surface area contributed by atoms with E-state index in [1.54, 1.807) is 6.20 Å². The van der Waals surface area contributed by atoms with Crippen LogP contribution in [-0.2, 0) is 16.1 Å². The van der Waals surface area contributed by atoms with Crippen LogP contribution in [0.3, 0.4) is 0 Å². The molecule has 0 radical (unpaired) electrons. The first-order valence-corrected chi connectivity index (χ1v) is 11.1. The number of hydrogen-bond donors (Lipinski definition) is 2. The number of pyridine rings is 1. The van der Waals surface area contributed by atoms with Crippen molar-refractivity contribution in [2.24, 2.45) is 5.92 Å². The van der Waals surface area contributed by atoms with Gasteiger partial charge in [-0.05, 0) is 49.7 Å². The molecule has 4 amide bonds. The molecule has 162 valence electrons. The van der Waals surface area contributed by atoms with Gasteiger partial charge in [-0.1, -0.05) is 25.8 Å². The second-order valence-electron chi connectivity index (χ2n) is 8.79. The number of imide groups is 1. The van der Waals surface area contributed by atoms with Crippen molar-refractivity contribution in [2.45, 2.75) is 64.0 Å².